The molecule has 0 unspecified atom stereocenters. The first-order valence-electron chi connectivity index (χ1n) is 6.67. The maximum absolute atomic E-state index is 12.2. The standard InChI is InChI=1S/C15H13BrN2O5S/c1-9-6-11(16)3-4-12(9)18-13(19)8-24(22,23)14-5-2-10(7-17-14)15(20)21/h2-7H,8H2,1H3,(H,18,19)(H,20,21). The molecule has 0 aliphatic carbocycles. The first-order chi connectivity index (χ1) is 11.2. The minimum Gasteiger partial charge on any atom is -0.478 e. The molecule has 0 spiro atoms. The van der Waals surface area contributed by atoms with Gasteiger partial charge in [-0.25, -0.2) is 18.2 Å². The molecule has 2 rings (SSSR count). The molecule has 0 aliphatic heterocycles. The Balaban J connectivity index is 2.13. The fourth-order valence-electron chi connectivity index (χ4n) is 1.89. The smallest absolute Gasteiger partial charge is 0.337 e. The Morgan fingerprint density at radius 1 is 1.25 bits per heavy atom. The van der Waals surface area contributed by atoms with Gasteiger partial charge in [-0.1, -0.05) is 15.9 Å². The Hall–Kier alpha value is -2.26. The molecule has 9 heteroatoms. The molecular formula is C15H13BrN2O5S. The van der Waals surface area contributed by atoms with E-state index in [1.165, 1.54) is 0 Å². The molecule has 7 nitrogen and oxygen atoms in total. The number of carboxylic acids is 1. The molecule has 0 aliphatic rings. The number of carbonyl (C=O) groups excluding carboxylic acids is 1. The van der Waals surface area contributed by atoms with E-state index in [4.69, 9.17) is 5.11 Å². The number of amides is 1. The molecule has 24 heavy (non-hydrogen) atoms. The Morgan fingerprint density at radius 2 is 1.96 bits per heavy atom. The van der Waals surface area contributed by atoms with Crippen LogP contribution in [0.5, 0.6) is 0 Å². The van der Waals surface area contributed by atoms with Gasteiger partial charge in [0.05, 0.1) is 5.56 Å². The average Bonchev–Trinajstić information content (AvgIpc) is 2.49. The molecule has 1 aromatic carbocycles. The highest BCUT2D eigenvalue weighted by molar-refractivity contribution is 9.10. The summed E-state index contributed by atoms with van der Waals surface area (Å²) >= 11 is 3.30. The van der Waals surface area contributed by atoms with Gasteiger partial charge < -0.3 is 10.4 Å². The quantitative estimate of drug-likeness (QED) is 0.778. The lowest BCUT2D eigenvalue weighted by molar-refractivity contribution is -0.113. The predicted octanol–water partition coefficient (Wildman–Crippen LogP) is 2.26. The SMILES string of the molecule is Cc1cc(Br)ccc1NC(=O)CS(=O)(=O)c1ccc(C(=O)O)cn1. The van der Waals surface area contributed by atoms with Gasteiger partial charge in [0.2, 0.25) is 15.7 Å². The number of pyridine rings is 1. The second-order valence-corrected chi connectivity index (χ2v) is 7.81. The Bertz CT molecular complexity index is 895. The van der Waals surface area contributed by atoms with E-state index >= 15 is 0 Å². The number of nitrogens with zero attached hydrogens (tertiary/aromatic N) is 1. The Morgan fingerprint density at radius 3 is 2.50 bits per heavy atom. The third kappa shape index (κ3) is 4.39. The second kappa shape index (κ2) is 7.10. The lowest BCUT2D eigenvalue weighted by Crippen LogP contribution is -2.24. The van der Waals surface area contributed by atoms with Crippen LogP contribution in [0.2, 0.25) is 0 Å². The number of nitrogens with one attached hydrogen (secondary N) is 1. The average molecular weight is 413 g/mol. The van der Waals surface area contributed by atoms with Crippen molar-refractivity contribution in [1.82, 2.24) is 4.98 Å². The van der Waals surface area contributed by atoms with E-state index in [2.05, 4.69) is 26.2 Å². The van der Waals surface area contributed by atoms with Crippen LogP contribution in [0.3, 0.4) is 0 Å². The number of aryl methyl sites for hydroxylation is 1. The van der Waals surface area contributed by atoms with Crippen molar-refractivity contribution in [2.24, 2.45) is 0 Å². The highest BCUT2D eigenvalue weighted by atomic mass is 79.9. The maximum atomic E-state index is 12.2. The van der Waals surface area contributed by atoms with Crippen molar-refractivity contribution < 1.29 is 23.1 Å². The van der Waals surface area contributed by atoms with E-state index < -0.39 is 27.5 Å². The molecule has 0 radical (unpaired) electrons. The molecular weight excluding hydrogens is 400 g/mol. The normalized spacial score (nSPS) is 11.1. The predicted molar refractivity (Wildman–Crippen MR) is 90.8 cm³/mol. The highest BCUT2D eigenvalue weighted by Gasteiger charge is 2.21. The number of carbonyl (C=O) groups is 2. The zero-order chi connectivity index (χ0) is 17.9. The number of carboxylic acid groups (broad SMARTS) is 1. The fraction of sp³-hybridized carbons (Fsp3) is 0.133. The van der Waals surface area contributed by atoms with E-state index in [0.29, 0.717) is 5.69 Å². The van der Waals surface area contributed by atoms with Crippen LogP contribution >= 0.6 is 15.9 Å². The maximum Gasteiger partial charge on any atom is 0.337 e. The number of sulfone groups is 1. The molecule has 0 saturated heterocycles. The molecule has 1 amide bonds. The van der Waals surface area contributed by atoms with Gasteiger partial charge in [-0.2, -0.15) is 0 Å². The number of rotatable bonds is 5. The van der Waals surface area contributed by atoms with Crippen LogP contribution < -0.4 is 5.32 Å². The molecule has 126 valence electrons. The molecule has 0 bridgehead atoms. The van der Waals surface area contributed by atoms with Crippen LogP contribution in [0.15, 0.2) is 46.0 Å². The van der Waals surface area contributed by atoms with E-state index in [-0.39, 0.29) is 10.6 Å². The molecule has 1 aromatic heterocycles. The zero-order valence-corrected chi connectivity index (χ0v) is 14.9. The van der Waals surface area contributed by atoms with Crippen molar-refractivity contribution in [3.63, 3.8) is 0 Å². The van der Waals surface area contributed by atoms with E-state index in [1.54, 1.807) is 25.1 Å². The van der Waals surface area contributed by atoms with Gasteiger partial charge in [-0.05, 0) is 42.8 Å². The summed E-state index contributed by atoms with van der Waals surface area (Å²) in [5.41, 5.74) is 1.15. The fourth-order valence-corrected chi connectivity index (χ4v) is 3.42. The van der Waals surface area contributed by atoms with Crippen LogP contribution in [0, 0.1) is 6.92 Å². The van der Waals surface area contributed by atoms with Gasteiger partial charge >= 0.3 is 5.97 Å². The van der Waals surface area contributed by atoms with E-state index in [1.807, 2.05) is 0 Å². The first kappa shape index (κ1) is 18.1. The molecule has 2 aromatic rings. The van der Waals surface area contributed by atoms with Gasteiger partial charge in [0.25, 0.3) is 0 Å². The van der Waals surface area contributed by atoms with Gasteiger partial charge in [0.15, 0.2) is 5.03 Å². The van der Waals surface area contributed by atoms with Crippen LogP contribution in [0.1, 0.15) is 15.9 Å². The number of halogens is 1. The Labute approximate surface area is 146 Å². The van der Waals surface area contributed by atoms with Gasteiger partial charge in [-0.3, -0.25) is 4.79 Å². The zero-order valence-electron chi connectivity index (χ0n) is 12.5. The highest BCUT2D eigenvalue weighted by Crippen LogP contribution is 2.20. The molecule has 0 atom stereocenters. The van der Waals surface area contributed by atoms with Crippen molar-refractivity contribution in [2.75, 3.05) is 11.1 Å². The first-order valence-corrected chi connectivity index (χ1v) is 9.11. The largest absolute Gasteiger partial charge is 0.478 e. The number of aromatic nitrogens is 1. The van der Waals surface area contributed by atoms with Crippen molar-refractivity contribution in [1.29, 1.82) is 0 Å². The van der Waals surface area contributed by atoms with Crippen LogP contribution in [-0.2, 0) is 14.6 Å². The summed E-state index contributed by atoms with van der Waals surface area (Å²) in [6.07, 6.45) is 0.937. The van der Waals surface area contributed by atoms with Crippen molar-refractivity contribution in [3.8, 4) is 0 Å². The third-order valence-electron chi connectivity index (χ3n) is 3.09. The molecule has 2 N–H and O–H groups in total. The van der Waals surface area contributed by atoms with Gasteiger partial charge in [-0.15, -0.1) is 0 Å². The number of hydrogen-bond donors (Lipinski definition) is 2. The third-order valence-corrected chi connectivity index (χ3v) is 5.10. The lowest BCUT2D eigenvalue weighted by Gasteiger charge is -2.09. The number of aromatic carboxylic acids is 1. The van der Waals surface area contributed by atoms with Gasteiger partial charge in [0.1, 0.15) is 5.75 Å². The second-order valence-electron chi connectivity index (χ2n) is 4.96. The van der Waals surface area contributed by atoms with Crippen molar-refractivity contribution >= 4 is 43.3 Å². The number of benzene rings is 1. The topological polar surface area (TPSA) is 113 Å². The molecule has 0 fully saturated rings. The van der Waals surface area contributed by atoms with E-state index in [0.717, 1.165) is 28.4 Å². The summed E-state index contributed by atoms with van der Waals surface area (Å²) in [7, 11) is -3.97. The minimum absolute atomic E-state index is 0.135. The Kier molecular flexibility index (Phi) is 5.35. The summed E-state index contributed by atoms with van der Waals surface area (Å²) in [6, 6.07) is 7.36. The number of anilines is 1. The minimum atomic E-state index is -3.97. The summed E-state index contributed by atoms with van der Waals surface area (Å²) in [6.45, 7) is 1.78. The van der Waals surface area contributed by atoms with Crippen LogP contribution in [0.25, 0.3) is 0 Å². The van der Waals surface area contributed by atoms with E-state index in [9.17, 15) is 18.0 Å². The van der Waals surface area contributed by atoms with Crippen molar-refractivity contribution in [3.05, 3.63) is 52.1 Å². The summed E-state index contributed by atoms with van der Waals surface area (Å²) in [4.78, 5) is 26.3. The molecule has 0 saturated carbocycles. The van der Waals surface area contributed by atoms with Gasteiger partial charge in [0, 0.05) is 16.4 Å². The van der Waals surface area contributed by atoms with Crippen LogP contribution in [0.4, 0.5) is 5.69 Å². The summed E-state index contributed by atoms with van der Waals surface area (Å²) in [5, 5.41) is 11.0. The lowest BCUT2D eigenvalue weighted by atomic mass is 10.2. The van der Waals surface area contributed by atoms with Crippen LogP contribution in [-0.4, -0.2) is 36.1 Å². The monoisotopic (exact) mass is 412 g/mol. The summed E-state index contributed by atoms with van der Waals surface area (Å²) < 4.78 is 25.2. The summed E-state index contributed by atoms with van der Waals surface area (Å²) in [5.74, 6) is -2.71. The number of hydrogen-bond acceptors (Lipinski definition) is 5. The van der Waals surface area contributed by atoms with Crippen molar-refractivity contribution in [2.45, 2.75) is 11.9 Å². The molecule has 1 heterocycles.